The van der Waals surface area contributed by atoms with Gasteiger partial charge in [0.05, 0.1) is 11.8 Å². The Hall–Kier alpha value is -1.10. The molecule has 17 heavy (non-hydrogen) atoms. The maximum Gasteiger partial charge on any atom is 0.307 e. The number of hydrogen-bond acceptors (Lipinski definition) is 3. The molecule has 1 saturated carbocycles. The van der Waals surface area contributed by atoms with Gasteiger partial charge in [0.1, 0.15) is 0 Å². The Morgan fingerprint density at radius 3 is 2.53 bits per heavy atom. The number of amides is 1. The third kappa shape index (κ3) is 2.77. The average molecular weight is 240 g/mol. The number of carbonyl (C=O) groups is 2. The highest BCUT2D eigenvalue weighted by atomic mass is 16.4. The molecule has 5 heteroatoms. The molecule has 1 aliphatic heterocycles. The van der Waals surface area contributed by atoms with Crippen LogP contribution < -0.4 is 5.32 Å². The second-order valence-corrected chi connectivity index (χ2v) is 5.24. The normalized spacial score (nSPS) is 33.8. The van der Waals surface area contributed by atoms with Gasteiger partial charge in [-0.15, -0.1) is 0 Å². The molecule has 2 rings (SSSR count). The summed E-state index contributed by atoms with van der Waals surface area (Å²) < 4.78 is 0. The zero-order valence-electron chi connectivity index (χ0n) is 10.2. The lowest BCUT2D eigenvalue weighted by atomic mass is 9.95. The first-order chi connectivity index (χ1) is 8.08. The highest BCUT2D eigenvalue weighted by Gasteiger charge is 2.38. The van der Waals surface area contributed by atoms with Crippen molar-refractivity contribution in [3.63, 3.8) is 0 Å². The number of rotatable bonds is 3. The van der Waals surface area contributed by atoms with Crippen molar-refractivity contribution >= 4 is 11.9 Å². The van der Waals surface area contributed by atoms with Crippen molar-refractivity contribution in [2.45, 2.75) is 31.7 Å². The summed E-state index contributed by atoms with van der Waals surface area (Å²) in [4.78, 5) is 25.2. The largest absolute Gasteiger partial charge is 0.481 e. The fourth-order valence-electron chi connectivity index (χ4n) is 2.93. The van der Waals surface area contributed by atoms with Crippen LogP contribution in [0.2, 0.25) is 0 Å². The second-order valence-electron chi connectivity index (χ2n) is 5.24. The van der Waals surface area contributed by atoms with E-state index in [-0.39, 0.29) is 17.9 Å². The van der Waals surface area contributed by atoms with Crippen LogP contribution in [-0.2, 0) is 9.59 Å². The van der Waals surface area contributed by atoms with Gasteiger partial charge in [-0.2, -0.15) is 0 Å². The van der Waals surface area contributed by atoms with Crippen molar-refractivity contribution in [1.29, 1.82) is 0 Å². The number of nitrogens with one attached hydrogen (secondary N) is 1. The molecule has 0 radical (unpaired) electrons. The minimum absolute atomic E-state index is 0.0600. The van der Waals surface area contributed by atoms with Gasteiger partial charge in [-0.3, -0.25) is 9.59 Å². The minimum atomic E-state index is -0.828. The van der Waals surface area contributed by atoms with Crippen LogP contribution in [0.1, 0.15) is 25.7 Å². The van der Waals surface area contributed by atoms with Crippen LogP contribution in [0.15, 0.2) is 0 Å². The molecule has 2 aliphatic rings. The van der Waals surface area contributed by atoms with Crippen LogP contribution in [0.4, 0.5) is 0 Å². The lowest BCUT2D eigenvalue weighted by Crippen LogP contribution is -2.42. The SMILES string of the molecule is CN1CCC(NC(=O)[C@@H]2CCC[C@@H]2C(=O)O)C1. The summed E-state index contributed by atoms with van der Waals surface area (Å²) in [6.07, 6.45) is 3.16. The molecule has 0 bridgehead atoms. The Kier molecular flexibility index (Phi) is 3.66. The molecule has 1 unspecified atom stereocenters. The van der Waals surface area contributed by atoms with Crippen molar-refractivity contribution in [1.82, 2.24) is 10.2 Å². The number of nitrogens with zero attached hydrogens (tertiary/aromatic N) is 1. The zero-order valence-corrected chi connectivity index (χ0v) is 10.2. The van der Waals surface area contributed by atoms with Gasteiger partial charge in [0.25, 0.3) is 0 Å². The van der Waals surface area contributed by atoms with Gasteiger partial charge in [0.2, 0.25) is 5.91 Å². The number of carboxylic acids is 1. The zero-order chi connectivity index (χ0) is 12.4. The topological polar surface area (TPSA) is 69.6 Å². The van der Waals surface area contributed by atoms with Crippen LogP contribution in [0, 0.1) is 11.8 Å². The molecule has 3 atom stereocenters. The van der Waals surface area contributed by atoms with Crippen LogP contribution in [0.3, 0.4) is 0 Å². The lowest BCUT2D eigenvalue weighted by molar-refractivity contribution is -0.146. The van der Waals surface area contributed by atoms with E-state index in [2.05, 4.69) is 10.2 Å². The molecule has 1 aliphatic carbocycles. The van der Waals surface area contributed by atoms with E-state index in [0.29, 0.717) is 12.8 Å². The van der Waals surface area contributed by atoms with Crippen LogP contribution in [0.5, 0.6) is 0 Å². The predicted octanol–water partition coefficient (Wildman–Crippen LogP) is 0.308. The molecule has 96 valence electrons. The summed E-state index contributed by atoms with van der Waals surface area (Å²) >= 11 is 0. The monoisotopic (exact) mass is 240 g/mol. The third-order valence-electron chi connectivity index (χ3n) is 3.91. The highest BCUT2D eigenvalue weighted by Crippen LogP contribution is 2.32. The molecule has 1 amide bonds. The Bertz CT molecular complexity index is 319. The van der Waals surface area contributed by atoms with Gasteiger partial charge < -0.3 is 15.3 Å². The number of likely N-dealkylation sites (N-methyl/N-ethyl adjacent to an activating group) is 1. The molecule has 0 aromatic carbocycles. The number of carbonyl (C=O) groups excluding carboxylic acids is 1. The average Bonchev–Trinajstić information content (AvgIpc) is 2.86. The van der Waals surface area contributed by atoms with Crippen molar-refractivity contribution in [3.8, 4) is 0 Å². The van der Waals surface area contributed by atoms with Gasteiger partial charge in [0, 0.05) is 12.6 Å². The Morgan fingerprint density at radius 2 is 1.94 bits per heavy atom. The van der Waals surface area contributed by atoms with E-state index in [1.807, 2.05) is 7.05 Å². The molecule has 0 aromatic heterocycles. The van der Waals surface area contributed by atoms with Crippen LogP contribution >= 0.6 is 0 Å². The minimum Gasteiger partial charge on any atom is -0.481 e. The van der Waals surface area contributed by atoms with Crippen molar-refractivity contribution < 1.29 is 14.7 Å². The van der Waals surface area contributed by atoms with Gasteiger partial charge in [-0.05, 0) is 32.9 Å². The molecule has 1 saturated heterocycles. The number of likely N-dealkylation sites (tertiary alicyclic amines) is 1. The molecule has 5 nitrogen and oxygen atoms in total. The standard InChI is InChI=1S/C12H20N2O3/c1-14-6-5-8(7-14)13-11(15)9-3-2-4-10(9)12(16)17/h8-10H,2-7H2,1H3,(H,13,15)(H,16,17)/t8?,9-,10+/m1/s1. The van der Waals surface area contributed by atoms with E-state index in [1.54, 1.807) is 0 Å². The van der Waals surface area contributed by atoms with Crippen LogP contribution in [-0.4, -0.2) is 48.1 Å². The van der Waals surface area contributed by atoms with E-state index >= 15 is 0 Å². The quantitative estimate of drug-likeness (QED) is 0.745. The van der Waals surface area contributed by atoms with Crippen molar-refractivity contribution in [2.24, 2.45) is 11.8 Å². The van der Waals surface area contributed by atoms with Gasteiger partial charge in [-0.1, -0.05) is 6.42 Å². The van der Waals surface area contributed by atoms with E-state index in [0.717, 1.165) is 25.9 Å². The first kappa shape index (κ1) is 12.4. The lowest BCUT2D eigenvalue weighted by Gasteiger charge is -2.19. The first-order valence-electron chi connectivity index (χ1n) is 6.29. The van der Waals surface area contributed by atoms with Crippen molar-refractivity contribution in [3.05, 3.63) is 0 Å². The molecular weight excluding hydrogens is 220 g/mol. The van der Waals surface area contributed by atoms with Gasteiger partial charge in [0.15, 0.2) is 0 Å². The maximum absolute atomic E-state index is 12.0. The van der Waals surface area contributed by atoms with Gasteiger partial charge in [-0.25, -0.2) is 0 Å². The molecular formula is C12H20N2O3. The Morgan fingerprint density at radius 1 is 1.24 bits per heavy atom. The van der Waals surface area contributed by atoms with E-state index in [9.17, 15) is 9.59 Å². The van der Waals surface area contributed by atoms with Crippen molar-refractivity contribution in [2.75, 3.05) is 20.1 Å². The molecule has 2 fully saturated rings. The second kappa shape index (κ2) is 5.04. The Balaban J connectivity index is 1.89. The number of hydrogen-bond donors (Lipinski definition) is 2. The summed E-state index contributed by atoms with van der Waals surface area (Å²) in [5.74, 6) is -1.69. The van der Waals surface area contributed by atoms with E-state index < -0.39 is 11.9 Å². The van der Waals surface area contributed by atoms with E-state index in [4.69, 9.17) is 5.11 Å². The fourth-order valence-corrected chi connectivity index (χ4v) is 2.93. The summed E-state index contributed by atoms with van der Waals surface area (Å²) in [5.41, 5.74) is 0. The predicted molar refractivity (Wildman–Crippen MR) is 62.5 cm³/mol. The molecule has 2 N–H and O–H groups in total. The first-order valence-corrected chi connectivity index (χ1v) is 6.29. The fraction of sp³-hybridized carbons (Fsp3) is 0.833. The number of aliphatic carboxylic acids is 1. The van der Waals surface area contributed by atoms with Gasteiger partial charge >= 0.3 is 5.97 Å². The summed E-state index contributed by atoms with van der Waals surface area (Å²) in [5, 5.41) is 12.0. The highest BCUT2D eigenvalue weighted by molar-refractivity contribution is 5.85. The molecule has 0 aromatic rings. The van der Waals surface area contributed by atoms with Crippen LogP contribution in [0.25, 0.3) is 0 Å². The van der Waals surface area contributed by atoms with E-state index in [1.165, 1.54) is 0 Å². The molecule has 1 heterocycles. The molecule has 0 spiro atoms. The summed E-state index contributed by atoms with van der Waals surface area (Å²) in [6, 6.07) is 0.197. The maximum atomic E-state index is 12.0. The Labute approximate surface area is 101 Å². The third-order valence-corrected chi connectivity index (χ3v) is 3.91. The smallest absolute Gasteiger partial charge is 0.307 e. The summed E-state index contributed by atoms with van der Waals surface area (Å²) in [6.45, 7) is 1.87. The number of carboxylic acid groups (broad SMARTS) is 1. The summed E-state index contributed by atoms with van der Waals surface area (Å²) in [7, 11) is 2.03.